The molecule has 2 aromatic rings. The Morgan fingerprint density at radius 2 is 1.77 bits per heavy atom. The van der Waals surface area contributed by atoms with Gasteiger partial charge in [0.1, 0.15) is 5.75 Å². The van der Waals surface area contributed by atoms with E-state index >= 15 is 0 Å². The van der Waals surface area contributed by atoms with Gasteiger partial charge >= 0.3 is 0 Å². The molecule has 0 aliphatic carbocycles. The minimum Gasteiger partial charge on any atom is -0.497 e. The van der Waals surface area contributed by atoms with Crippen LogP contribution in [0, 0.1) is 0 Å². The molecule has 1 unspecified atom stereocenters. The number of nitrogens with zero attached hydrogens (tertiary/aromatic N) is 1. The predicted molar refractivity (Wildman–Crippen MR) is 104 cm³/mol. The second kappa shape index (κ2) is 8.86. The Hall–Kier alpha value is -2.33. The van der Waals surface area contributed by atoms with Gasteiger partial charge in [0.05, 0.1) is 7.11 Å². The Balaban J connectivity index is 1.51. The molecule has 0 aromatic heterocycles. The van der Waals surface area contributed by atoms with Crippen LogP contribution < -0.4 is 10.1 Å². The van der Waals surface area contributed by atoms with Crippen LogP contribution in [0.25, 0.3) is 0 Å². The quantitative estimate of drug-likeness (QED) is 0.854. The Bertz CT molecular complexity index is 710. The molecule has 4 heteroatoms. The van der Waals surface area contributed by atoms with Crippen LogP contribution in [0.15, 0.2) is 48.5 Å². The van der Waals surface area contributed by atoms with Gasteiger partial charge in [-0.15, -0.1) is 0 Å². The van der Waals surface area contributed by atoms with E-state index in [2.05, 4.69) is 41.4 Å². The number of benzene rings is 2. The van der Waals surface area contributed by atoms with Gasteiger partial charge in [0, 0.05) is 24.7 Å². The average Bonchev–Trinajstić information content (AvgIpc) is 2.69. The lowest BCUT2D eigenvalue weighted by atomic mass is 10.0. The summed E-state index contributed by atoms with van der Waals surface area (Å²) < 4.78 is 5.12. The van der Waals surface area contributed by atoms with Crippen molar-refractivity contribution in [2.24, 2.45) is 0 Å². The number of nitrogens with one attached hydrogen (secondary N) is 1. The maximum atomic E-state index is 12.2. The highest BCUT2D eigenvalue weighted by Crippen LogP contribution is 2.19. The lowest BCUT2D eigenvalue weighted by Crippen LogP contribution is -2.36. The summed E-state index contributed by atoms with van der Waals surface area (Å²) in [5, 5.41) is 2.97. The molecule has 1 heterocycles. The lowest BCUT2D eigenvalue weighted by molar-refractivity contribution is 0.0951. The zero-order chi connectivity index (χ0) is 18.4. The van der Waals surface area contributed by atoms with Crippen LogP contribution in [0.3, 0.4) is 0 Å². The molecule has 1 atom stereocenters. The van der Waals surface area contributed by atoms with Gasteiger partial charge in [0.15, 0.2) is 0 Å². The van der Waals surface area contributed by atoms with Crippen molar-refractivity contribution in [3.05, 3.63) is 65.2 Å². The van der Waals surface area contributed by atoms with E-state index in [9.17, 15) is 4.79 Å². The topological polar surface area (TPSA) is 41.6 Å². The van der Waals surface area contributed by atoms with Gasteiger partial charge in [-0.25, -0.2) is 0 Å². The Labute approximate surface area is 156 Å². The van der Waals surface area contributed by atoms with E-state index in [0.717, 1.165) is 17.9 Å². The van der Waals surface area contributed by atoms with Gasteiger partial charge in [0.2, 0.25) is 0 Å². The number of hydrogen-bond acceptors (Lipinski definition) is 3. The van der Waals surface area contributed by atoms with E-state index in [-0.39, 0.29) is 5.91 Å². The fourth-order valence-corrected chi connectivity index (χ4v) is 3.42. The standard InChI is InChI=1S/C22H28N2O2/c1-17-5-3-4-14-24(17)16-19-8-6-18(7-9-19)15-23-22(25)20-10-12-21(26-2)13-11-20/h6-13,17H,3-5,14-16H2,1-2H3,(H,23,25). The van der Waals surface area contributed by atoms with Gasteiger partial charge in [-0.2, -0.15) is 0 Å². The Kier molecular flexibility index (Phi) is 6.29. The first-order valence-corrected chi connectivity index (χ1v) is 9.40. The number of carbonyl (C=O) groups excluding carboxylic acids is 1. The number of piperidine rings is 1. The van der Waals surface area contributed by atoms with Crippen LogP contribution in [0.4, 0.5) is 0 Å². The summed E-state index contributed by atoms with van der Waals surface area (Å²) in [6.45, 7) is 5.06. The molecular formula is C22H28N2O2. The largest absolute Gasteiger partial charge is 0.497 e. The lowest BCUT2D eigenvalue weighted by Gasteiger charge is -2.33. The number of ether oxygens (including phenoxy) is 1. The zero-order valence-electron chi connectivity index (χ0n) is 15.7. The third-order valence-corrected chi connectivity index (χ3v) is 5.15. The van der Waals surface area contributed by atoms with E-state index in [1.54, 1.807) is 31.4 Å². The van der Waals surface area contributed by atoms with Gasteiger partial charge < -0.3 is 10.1 Å². The molecule has 1 aliphatic rings. The molecule has 1 amide bonds. The average molecular weight is 352 g/mol. The summed E-state index contributed by atoms with van der Waals surface area (Å²) in [5.41, 5.74) is 3.09. The summed E-state index contributed by atoms with van der Waals surface area (Å²) in [4.78, 5) is 14.8. The molecule has 26 heavy (non-hydrogen) atoms. The van der Waals surface area contributed by atoms with Crippen molar-refractivity contribution in [1.29, 1.82) is 0 Å². The molecule has 4 nitrogen and oxygen atoms in total. The fourth-order valence-electron chi connectivity index (χ4n) is 3.42. The third-order valence-electron chi connectivity index (χ3n) is 5.15. The summed E-state index contributed by atoms with van der Waals surface area (Å²) in [7, 11) is 1.62. The molecule has 1 fully saturated rings. The molecule has 2 aromatic carbocycles. The van der Waals surface area contributed by atoms with Crippen molar-refractivity contribution in [1.82, 2.24) is 10.2 Å². The molecular weight excluding hydrogens is 324 g/mol. The number of carbonyl (C=O) groups is 1. The van der Waals surface area contributed by atoms with E-state index in [0.29, 0.717) is 18.2 Å². The highest BCUT2D eigenvalue weighted by molar-refractivity contribution is 5.94. The van der Waals surface area contributed by atoms with Gasteiger partial charge in [-0.05, 0) is 61.7 Å². The van der Waals surface area contributed by atoms with E-state index in [1.165, 1.54) is 31.4 Å². The van der Waals surface area contributed by atoms with Crippen LogP contribution in [0.5, 0.6) is 5.75 Å². The summed E-state index contributed by atoms with van der Waals surface area (Å²) in [6, 6.07) is 16.4. The first-order chi connectivity index (χ1) is 12.7. The SMILES string of the molecule is COc1ccc(C(=O)NCc2ccc(CN3CCCCC3C)cc2)cc1. The monoisotopic (exact) mass is 352 g/mol. The first kappa shape index (κ1) is 18.5. The van der Waals surface area contributed by atoms with E-state index in [4.69, 9.17) is 4.74 Å². The van der Waals surface area contributed by atoms with Gasteiger partial charge in [0.25, 0.3) is 5.91 Å². The highest BCUT2D eigenvalue weighted by atomic mass is 16.5. The van der Waals surface area contributed by atoms with Crippen molar-refractivity contribution in [2.45, 2.75) is 45.3 Å². The molecule has 0 bridgehead atoms. The minimum atomic E-state index is -0.0705. The van der Waals surface area contributed by atoms with Crippen molar-refractivity contribution < 1.29 is 9.53 Å². The van der Waals surface area contributed by atoms with Crippen molar-refractivity contribution in [3.63, 3.8) is 0 Å². The van der Waals surface area contributed by atoms with E-state index in [1.807, 2.05) is 0 Å². The minimum absolute atomic E-state index is 0.0705. The van der Waals surface area contributed by atoms with Crippen LogP contribution in [0.2, 0.25) is 0 Å². The van der Waals surface area contributed by atoms with Crippen LogP contribution in [-0.4, -0.2) is 30.5 Å². The summed E-state index contributed by atoms with van der Waals surface area (Å²) in [5.74, 6) is 0.680. The van der Waals surface area contributed by atoms with Crippen molar-refractivity contribution in [3.8, 4) is 5.75 Å². The maximum Gasteiger partial charge on any atom is 0.251 e. The predicted octanol–water partition coefficient (Wildman–Crippen LogP) is 4.00. The molecule has 0 radical (unpaired) electrons. The Morgan fingerprint density at radius 1 is 1.08 bits per heavy atom. The number of hydrogen-bond donors (Lipinski definition) is 1. The van der Waals surface area contributed by atoms with Gasteiger partial charge in [-0.1, -0.05) is 30.7 Å². The smallest absolute Gasteiger partial charge is 0.251 e. The Morgan fingerprint density at radius 3 is 2.42 bits per heavy atom. The summed E-state index contributed by atoms with van der Waals surface area (Å²) in [6.07, 6.45) is 3.96. The van der Waals surface area contributed by atoms with Crippen molar-refractivity contribution in [2.75, 3.05) is 13.7 Å². The number of amides is 1. The molecule has 0 spiro atoms. The number of likely N-dealkylation sites (tertiary alicyclic amines) is 1. The fraction of sp³-hybridized carbons (Fsp3) is 0.409. The van der Waals surface area contributed by atoms with E-state index < -0.39 is 0 Å². The number of methoxy groups -OCH3 is 1. The molecule has 0 saturated carbocycles. The molecule has 138 valence electrons. The highest BCUT2D eigenvalue weighted by Gasteiger charge is 2.17. The summed E-state index contributed by atoms with van der Waals surface area (Å²) >= 11 is 0. The van der Waals surface area contributed by atoms with Crippen LogP contribution in [-0.2, 0) is 13.1 Å². The normalized spacial score (nSPS) is 17.7. The van der Waals surface area contributed by atoms with Crippen molar-refractivity contribution >= 4 is 5.91 Å². The molecule has 1 N–H and O–H groups in total. The molecule has 1 saturated heterocycles. The third kappa shape index (κ3) is 4.85. The van der Waals surface area contributed by atoms with Crippen LogP contribution in [0.1, 0.15) is 47.7 Å². The zero-order valence-corrected chi connectivity index (χ0v) is 15.7. The molecule has 1 aliphatic heterocycles. The number of rotatable bonds is 6. The van der Waals surface area contributed by atoms with Gasteiger partial charge in [-0.3, -0.25) is 9.69 Å². The second-order valence-corrected chi connectivity index (χ2v) is 7.04. The molecule has 3 rings (SSSR count). The van der Waals surface area contributed by atoms with Crippen LogP contribution >= 0.6 is 0 Å². The maximum absolute atomic E-state index is 12.2. The second-order valence-electron chi connectivity index (χ2n) is 7.04. The first-order valence-electron chi connectivity index (χ1n) is 9.40.